The van der Waals surface area contributed by atoms with Crippen LogP contribution >= 0.6 is 11.3 Å². The number of H-pyrrole nitrogens is 1. The van der Waals surface area contributed by atoms with Crippen molar-refractivity contribution in [2.24, 2.45) is 0 Å². The van der Waals surface area contributed by atoms with Crippen LogP contribution in [0, 0.1) is 6.92 Å². The van der Waals surface area contributed by atoms with Crippen LogP contribution in [-0.4, -0.2) is 51.5 Å². The molecule has 1 aliphatic rings. The number of nitrogens with one attached hydrogen (secondary N) is 2. The number of hydrogen-bond acceptors (Lipinski definition) is 7. The molecule has 2 aromatic carbocycles. The second kappa shape index (κ2) is 10.3. The minimum Gasteiger partial charge on any atom is -0.489 e. The third-order valence-corrected chi connectivity index (χ3v) is 7.20. The Morgan fingerprint density at radius 3 is 2.81 bits per heavy atom. The van der Waals surface area contributed by atoms with E-state index >= 15 is 0 Å². The summed E-state index contributed by atoms with van der Waals surface area (Å²) in [5.74, 6) is 0.177. The molecule has 0 aliphatic carbocycles. The summed E-state index contributed by atoms with van der Waals surface area (Å²) >= 11 is 1.00. The van der Waals surface area contributed by atoms with Crippen molar-refractivity contribution in [3.63, 3.8) is 0 Å². The highest BCUT2D eigenvalue weighted by molar-refractivity contribution is 7.08. The van der Waals surface area contributed by atoms with Crippen molar-refractivity contribution >= 4 is 34.6 Å². The number of aromatic nitrogens is 3. The normalized spacial score (nSPS) is 17.6. The summed E-state index contributed by atoms with van der Waals surface area (Å²) in [6.07, 6.45) is 1.36. The number of carbonyl (C=O) groups excluding carboxylic acids is 2. The summed E-state index contributed by atoms with van der Waals surface area (Å²) in [7, 11) is 0. The standard InChI is InChI=1S/C26H25N5O4S/c1-16-12-18(20-4-2-3-5-22(20)27-16)14-35-19-8-6-17(7-9-19)24(33)28-23-10-11-31(15-32)13-21(23)25-29-30-26(34)36-25/h2-9,12,15,21,23H,10-11,13-14H2,1H3,(H,28,33)(H,30,34)/t21-,23+/m0/s1. The quantitative estimate of drug-likeness (QED) is 0.375. The van der Waals surface area contributed by atoms with Gasteiger partial charge in [-0.3, -0.25) is 19.4 Å². The summed E-state index contributed by atoms with van der Waals surface area (Å²) in [6, 6.07) is 16.7. The molecule has 9 nitrogen and oxygen atoms in total. The lowest BCUT2D eigenvalue weighted by molar-refractivity contribution is -0.119. The second-order valence-electron chi connectivity index (χ2n) is 8.78. The molecule has 2 N–H and O–H groups in total. The molecule has 0 bridgehead atoms. The van der Waals surface area contributed by atoms with Crippen molar-refractivity contribution in [2.75, 3.05) is 13.1 Å². The molecule has 0 radical (unpaired) electrons. The van der Waals surface area contributed by atoms with E-state index in [1.807, 2.05) is 37.3 Å². The van der Waals surface area contributed by atoms with E-state index in [1.165, 1.54) is 0 Å². The highest BCUT2D eigenvalue weighted by Gasteiger charge is 2.33. The van der Waals surface area contributed by atoms with E-state index in [1.54, 1.807) is 29.2 Å². The molecule has 0 unspecified atom stereocenters. The van der Waals surface area contributed by atoms with Crippen LogP contribution in [0.1, 0.15) is 39.0 Å². The van der Waals surface area contributed by atoms with Crippen LogP contribution in [0.15, 0.2) is 59.4 Å². The average molecular weight is 504 g/mol. The number of rotatable bonds is 7. The fourth-order valence-electron chi connectivity index (χ4n) is 4.53. The number of piperidine rings is 1. The first-order valence-electron chi connectivity index (χ1n) is 11.6. The number of aryl methyl sites for hydroxylation is 1. The van der Waals surface area contributed by atoms with Crippen molar-refractivity contribution in [3.05, 3.63) is 86.1 Å². The molecule has 10 heteroatoms. The van der Waals surface area contributed by atoms with Gasteiger partial charge in [0.05, 0.1) is 11.4 Å². The van der Waals surface area contributed by atoms with E-state index in [-0.39, 0.29) is 22.7 Å². The van der Waals surface area contributed by atoms with E-state index in [0.717, 1.165) is 39.9 Å². The Balaban J connectivity index is 1.25. The van der Waals surface area contributed by atoms with Crippen LogP contribution in [0.4, 0.5) is 0 Å². The van der Waals surface area contributed by atoms with Gasteiger partial charge in [-0.25, -0.2) is 5.10 Å². The number of aromatic amines is 1. The number of amides is 2. The topological polar surface area (TPSA) is 117 Å². The molecule has 0 saturated carbocycles. The molecule has 5 rings (SSSR count). The Morgan fingerprint density at radius 1 is 1.25 bits per heavy atom. The first-order chi connectivity index (χ1) is 17.5. The van der Waals surface area contributed by atoms with Gasteiger partial charge in [0.25, 0.3) is 5.91 Å². The van der Waals surface area contributed by atoms with Crippen molar-refractivity contribution in [2.45, 2.75) is 31.9 Å². The van der Waals surface area contributed by atoms with Crippen LogP contribution in [0.5, 0.6) is 5.75 Å². The highest BCUT2D eigenvalue weighted by atomic mass is 32.1. The van der Waals surface area contributed by atoms with E-state index in [4.69, 9.17) is 4.74 Å². The predicted molar refractivity (Wildman–Crippen MR) is 136 cm³/mol. The summed E-state index contributed by atoms with van der Waals surface area (Å²) in [6.45, 7) is 3.27. The minimum atomic E-state index is -0.260. The molecule has 1 saturated heterocycles. The fourth-order valence-corrected chi connectivity index (χ4v) is 5.29. The lowest BCUT2D eigenvalue weighted by Crippen LogP contribution is -2.49. The zero-order valence-corrected chi connectivity index (χ0v) is 20.5. The molecular weight excluding hydrogens is 478 g/mol. The lowest BCUT2D eigenvalue weighted by atomic mass is 9.92. The SMILES string of the molecule is Cc1cc(COc2ccc(C(=O)N[C@@H]3CCN(C=O)C[C@@H]3c3n[nH]c(=O)s3)cc2)c2ccccc2n1. The largest absolute Gasteiger partial charge is 0.489 e. The van der Waals surface area contributed by atoms with Crippen LogP contribution in [0.25, 0.3) is 10.9 Å². The number of para-hydroxylation sites is 1. The Labute approximate surface area is 211 Å². The molecule has 1 fully saturated rings. The molecule has 4 aromatic rings. The van der Waals surface area contributed by atoms with Gasteiger partial charge in [-0.1, -0.05) is 29.5 Å². The lowest BCUT2D eigenvalue weighted by Gasteiger charge is -2.36. The molecule has 3 heterocycles. The number of benzene rings is 2. The molecule has 1 aliphatic heterocycles. The van der Waals surface area contributed by atoms with Gasteiger partial charge in [0, 0.05) is 41.3 Å². The zero-order chi connectivity index (χ0) is 25.1. The molecule has 2 aromatic heterocycles. The summed E-state index contributed by atoms with van der Waals surface area (Å²) in [4.78, 5) is 41.8. The van der Waals surface area contributed by atoms with Crippen molar-refractivity contribution in [1.29, 1.82) is 0 Å². The molecule has 184 valence electrons. The van der Waals surface area contributed by atoms with Crippen LogP contribution in [0.3, 0.4) is 0 Å². The summed E-state index contributed by atoms with van der Waals surface area (Å²) in [5, 5.41) is 11.2. The first kappa shape index (κ1) is 23.7. The average Bonchev–Trinajstić information content (AvgIpc) is 3.33. The fraction of sp³-hybridized carbons (Fsp3) is 0.269. The Kier molecular flexibility index (Phi) is 6.77. The number of ether oxygens (including phenoxy) is 1. The van der Waals surface area contributed by atoms with Crippen molar-refractivity contribution in [3.8, 4) is 5.75 Å². The number of fused-ring (bicyclic) bond motifs is 1. The maximum Gasteiger partial charge on any atom is 0.322 e. The van der Waals surface area contributed by atoms with E-state index in [9.17, 15) is 14.4 Å². The summed E-state index contributed by atoms with van der Waals surface area (Å²) in [5.41, 5.74) is 3.41. The van der Waals surface area contributed by atoms with Gasteiger partial charge in [0.15, 0.2) is 0 Å². The molecule has 0 spiro atoms. The Morgan fingerprint density at radius 2 is 2.06 bits per heavy atom. The predicted octanol–water partition coefficient (Wildman–Crippen LogP) is 3.01. The number of nitrogens with zero attached hydrogens (tertiary/aromatic N) is 3. The van der Waals surface area contributed by atoms with Gasteiger partial charge in [0.1, 0.15) is 17.4 Å². The Bertz CT molecular complexity index is 1450. The van der Waals surface area contributed by atoms with Gasteiger partial charge in [-0.2, -0.15) is 5.10 Å². The van der Waals surface area contributed by atoms with Crippen molar-refractivity contribution < 1.29 is 14.3 Å². The maximum absolute atomic E-state index is 13.0. The summed E-state index contributed by atoms with van der Waals surface area (Å²) < 4.78 is 6.00. The van der Waals surface area contributed by atoms with Gasteiger partial charge in [-0.15, -0.1) is 0 Å². The van der Waals surface area contributed by atoms with Crippen molar-refractivity contribution in [1.82, 2.24) is 25.4 Å². The third-order valence-electron chi connectivity index (χ3n) is 6.32. The third kappa shape index (κ3) is 5.13. The van der Waals surface area contributed by atoms with Crippen LogP contribution in [0.2, 0.25) is 0 Å². The van der Waals surface area contributed by atoms with Gasteiger partial charge in [-0.05, 0) is 49.7 Å². The number of carbonyl (C=O) groups is 2. The van der Waals surface area contributed by atoms with Gasteiger partial charge < -0.3 is 15.0 Å². The van der Waals surface area contributed by atoms with E-state index in [0.29, 0.717) is 42.4 Å². The van der Waals surface area contributed by atoms with Crippen LogP contribution in [-0.2, 0) is 11.4 Å². The second-order valence-corrected chi connectivity index (χ2v) is 9.77. The molecule has 36 heavy (non-hydrogen) atoms. The number of pyridine rings is 1. The zero-order valence-electron chi connectivity index (χ0n) is 19.6. The minimum absolute atomic E-state index is 0.227. The molecule has 2 atom stereocenters. The molecular formula is C26H25N5O4S. The van der Waals surface area contributed by atoms with Gasteiger partial charge in [0.2, 0.25) is 6.41 Å². The first-order valence-corrected chi connectivity index (χ1v) is 12.5. The van der Waals surface area contributed by atoms with Gasteiger partial charge >= 0.3 is 4.87 Å². The molecule has 2 amide bonds. The maximum atomic E-state index is 13.0. The highest BCUT2D eigenvalue weighted by Crippen LogP contribution is 2.27. The van der Waals surface area contributed by atoms with Crippen LogP contribution < -0.4 is 14.9 Å². The monoisotopic (exact) mass is 503 g/mol. The van der Waals surface area contributed by atoms with E-state index < -0.39 is 0 Å². The van der Waals surface area contributed by atoms with E-state index in [2.05, 4.69) is 20.5 Å². The number of hydrogen-bond donors (Lipinski definition) is 2. The number of likely N-dealkylation sites (tertiary alicyclic amines) is 1. The Hall–Kier alpha value is -4.05. The smallest absolute Gasteiger partial charge is 0.322 e.